The van der Waals surface area contributed by atoms with E-state index in [2.05, 4.69) is 20.6 Å². The Balaban J connectivity index is 1.29. The molecule has 1 atom stereocenters. The highest BCUT2D eigenvalue weighted by Gasteiger charge is 2.47. The average Bonchev–Trinajstić information content (AvgIpc) is 3.31. The molecule has 2 aromatic heterocycles. The molecular weight excluding hydrogens is 420 g/mol. The van der Waals surface area contributed by atoms with E-state index in [1.165, 1.54) is 0 Å². The van der Waals surface area contributed by atoms with Gasteiger partial charge in [0.2, 0.25) is 0 Å². The fraction of sp³-hybridized carbons (Fsp3) is 0.333. The molecule has 9 heteroatoms. The molecule has 170 valence electrons. The number of fused-ring (bicyclic) bond motifs is 2. The van der Waals surface area contributed by atoms with E-state index in [1.807, 2.05) is 42.0 Å². The predicted molar refractivity (Wildman–Crippen MR) is 123 cm³/mol. The Morgan fingerprint density at radius 3 is 2.67 bits per heavy atom. The number of carbonyl (C=O) groups is 2. The van der Waals surface area contributed by atoms with Crippen molar-refractivity contribution in [1.82, 2.24) is 19.4 Å². The third-order valence-electron chi connectivity index (χ3n) is 6.32. The number of nitrogens with zero attached hydrogens (tertiary/aromatic N) is 4. The van der Waals surface area contributed by atoms with Gasteiger partial charge in [0.25, 0.3) is 5.91 Å². The molecule has 1 saturated heterocycles. The Labute approximate surface area is 191 Å². The molecule has 9 nitrogen and oxygen atoms in total. The molecule has 2 aliphatic rings. The molecule has 2 N–H and O–H groups in total. The predicted octanol–water partition coefficient (Wildman–Crippen LogP) is 3.15. The van der Waals surface area contributed by atoms with Crippen molar-refractivity contribution in [2.45, 2.75) is 38.0 Å². The van der Waals surface area contributed by atoms with Crippen molar-refractivity contribution in [3.63, 3.8) is 0 Å². The fourth-order valence-electron chi connectivity index (χ4n) is 4.51. The SMILES string of the molecule is Cc1ccccc1NC(=O)N1CCC2(CC1)OC(C(=O)Nc1cccnc1)Cn1ccnc12. The number of likely N-dealkylation sites (tertiary alicyclic amines) is 1. The minimum absolute atomic E-state index is 0.135. The van der Waals surface area contributed by atoms with Crippen LogP contribution in [-0.4, -0.2) is 50.6 Å². The first-order valence-corrected chi connectivity index (χ1v) is 11.1. The quantitative estimate of drug-likeness (QED) is 0.644. The highest BCUT2D eigenvalue weighted by atomic mass is 16.5. The summed E-state index contributed by atoms with van der Waals surface area (Å²) in [5.74, 6) is 0.591. The van der Waals surface area contributed by atoms with Crippen LogP contribution in [0.25, 0.3) is 0 Å². The summed E-state index contributed by atoms with van der Waals surface area (Å²) in [5.41, 5.74) is 1.73. The number of pyridine rings is 1. The molecule has 3 aromatic rings. The molecule has 1 fully saturated rings. The van der Waals surface area contributed by atoms with Crippen LogP contribution in [0, 0.1) is 6.92 Å². The van der Waals surface area contributed by atoms with E-state index in [4.69, 9.17) is 4.74 Å². The van der Waals surface area contributed by atoms with Crippen LogP contribution in [0.1, 0.15) is 24.2 Å². The van der Waals surface area contributed by atoms with Gasteiger partial charge in [-0.25, -0.2) is 9.78 Å². The molecule has 0 saturated carbocycles. The van der Waals surface area contributed by atoms with Crippen molar-refractivity contribution >= 4 is 23.3 Å². The number of hydrogen-bond donors (Lipinski definition) is 2. The normalized spacial score (nSPS) is 19.1. The van der Waals surface area contributed by atoms with Crippen LogP contribution >= 0.6 is 0 Å². The minimum atomic E-state index is -0.710. The fourth-order valence-corrected chi connectivity index (χ4v) is 4.51. The number of imidazole rings is 1. The Morgan fingerprint density at radius 2 is 1.91 bits per heavy atom. The van der Waals surface area contributed by atoms with E-state index in [0.717, 1.165) is 17.1 Å². The van der Waals surface area contributed by atoms with E-state index in [9.17, 15) is 9.59 Å². The molecule has 1 aromatic carbocycles. The molecule has 1 spiro atoms. The first-order chi connectivity index (χ1) is 16.0. The van der Waals surface area contributed by atoms with Crippen molar-refractivity contribution in [3.05, 3.63) is 72.6 Å². The van der Waals surface area contributed by atoms with Gasteiger partial charge in [-0.3, -0.25) is 9.78 Å². The third kappa shape index (κ3) is 4.19. The summed E-state index contributed by atoms with van der Waals surface area (Å²) in [6, 6.07) is 11.1. The van der Waals surface area contributed by atoms with Gasteiger partial charge in [-0.2, -0.15) is 0 Å². The van der Waals surface area contributed by atoms with Gasteiger partial charge in [0, 0.05) is 50.2 Å². The maximum Gasteiger partial charge on any atom is 0.321 e. The van der Waals surface area contributed by atoms with Crippen LogP contribution in [0.5, 0.6) is 0 Å². The number of aromatic nitrogens is 3. The van der Waals surface area contributed by atoms with Crippen molar-refractivity contribution in [2.75, 3.05) is 23.7 Å². The smallest absolute Gasteiger partial charge is 0.321 e. The molecule has 3 amide bonds. The molecule has 0 aliphatic carbocycles. The topological polar surface area (TPSA) is 101 Å². The molecule has 0 bridgehead atoms. The first kappa shape index (κ1) is 21.1. The van der Waals surface area contributed by atoms with Gasteiger partial charge < -0.3 is 24.8 Å². The number of ether oxygens (including phenoxy) is 1. The van der Waals surface area contributed by atoms with Gasteiger partial charge in [-0.05, 0) is 30.7 Å². The number of aryl methyl sites for hydroxylation is 1. The lowest BCUT2D eigenvalue weighted by Crippen LogP contribution is -2.54. The van der Waals surface area contributed by atoms with E-state index >= 15 is 0 Å². The van der Waals surface area contributed by atoms with E-state index < -0.39 is 11.7 Å². The molecule has 5 rings (SSSR count). The van der Waals surface area contributed by atoms with Crippen LogP contribution < -0.4 is 10.6 Å². The van der Waals surface area contributed by atoms with Crippen molar-refractivity contribution in [3.8, 4) is 0 Å². The average molecular weight is 447 g/mol. The summed E-state index contributed by atoms with van der Waals surface area (Å²) in [5, 5.41) is 5.88. The standard InChI is InChI=1S/C24H26N6O3/c1-17-5-2-3-7-19(17)28-23(32)29-12-8-24(9-13-29)22-26-11-14-30(22)16-20(33-24)21(31)27-18-6-4-10-25-15-18/h2-7,10-11,14-15,20H,8-9,12-13,16H2,1H3,(H,27,31)(H,28,32). The van der Waals surface area contributed by atoms with Crippen LogP contribution in [0.3, 0.4) is 0 Å². The Hall–Kier alpha value is -3.72. The van der Waals surface area contributed by atoms with E-state index in [-0.39, 0.29) is 11.9 Å². The maximum atomic E-state index is 13.0. The number of rotatable bonds is 3. The number of amides is 3. The molecule has 4 heterocycles. The van der Waals surface area contributed by atoms with Crippen molar-refractivity contribution in [1.29, 1.82) is 0 Å². The van der Waals surface area contributed by atoms with Crippen LogP contribution in [0.2, 0.25) is 0 Å². The van der Waals surface area contributed by atoms with Crippen LogP contribution in [0.15, 0.2) is 61.2 Å². The summed E-state index contributed by atoms with van der Waals surface area (Å²) in [7, 11) is 0. The van der Waals surface area contributed by atoms with Gasteiger partial charge in [0.05, 0.1) is 18.4 Å². The highest BCUT2D eigenvalue weighted by molar-refractivity contribution is 5.94. The van der Waals surface area contributed by atoms with Crippen molar-refractivity contribution < 1.29 is 14.3 Å². The number of para-hydroxylation sites is 1. The summed E-state index contributed by atoms with van der Waals surface area (Å²) in [6.07, 6.45) is 7.32. The second-order valence-corrected chi connectivity index (χ2v) is 8.47. The zero-order valence-corrected chi connectivity index (χ0v) is 18.4. The Morgan fingerprint density at radius 1 is 1.09 bits per heavy atom. The monoisotopic (exact) mass is 446 g/mol. The van der Waals surface area contributed by atoms with Crippen LogP contribution in [-0.2, 0) is 21.7 Å². The van der Waals surface area contributed by atoms with Gasteiger partial charge in [0.1, 0.15) is 11.4 Å². The molecular formula is C24H26N6O3. The number of carbonyl (C=O) groups excluding carboxylic acids is 2. The molecule has 1 unspecified atom stereocenters. The Kier molecular flexibility index (Phi) is 5.55. The lowest BCUT2D eigenvalue weighted by Gasteiger charge is -2.45. The van der Waals surface area contributed by atoms with Gasteiger partial charge in [-0.1, -0.05) is 18.2 Å². The Bertz CT molecular complexity index is 1150. The summed E-state index contributed by atoms with van der Waals surface area (Å²) >= 11 is 0. The zero-order chi connectivity index (χ0) is 22.8. The van der Waals surface area contributed by atoms with E-state index in [0.29, 0.717) is 38.2 Å². The summed E-state index contributed by atoms with van der Waals surface area (Å²) in [4.78, 5) is 36.2. The summed E-state index contributed by atoms with van der Waals surface area (Å²) in [6.45, 7) is 3.36. The second kappa shape index (κ2) is 8.67. The van der Waals surface area contributed by atoms with Gasteiger partial charge >= 0.3 is 6.03 Å². The highest BCUT2D eigenvalue weighted by Crippen LogP contribution is 2.40. The van der Waals surface area contributed by atoms with Gasteiger partial charge in [-0.15, -0.1) is 0 Å². The van der Waals surface area contributed by atoms with E-state index in [1.54, 1.807) is 35.6 Å². The number of hydrogen-bond acceptors (Lipinski definition) is 5. The first-order valence-electron chi connectivity index (χ1n) is 11.1. The van der Waals surface area contributed by atoms with Crippen molar-refractivity contribution in [2.24, 2.45) is 0 Å². The largest absolute Gasteiger partial charge is 0.352 e. The zero-order valence-electron chi connectivity index (χ0n) is 18.4. The minimum Gasteiger partial charge on any atom is -0.352 e. The second-order valence-electron chi connectivity index (χ2n) is 8.47. The number of anilines is 2. The molecule has 2 aliphatic heterocycles. The molecule has 0 radical (unpaired) electrons. The number of nitrogens with one attached hydrogen (secondary N) is 2. The molecule has 33 heavy (non-hydrogen) atoms. The van der Waals surface area contributed by atoms with Gasteiger partial charge in [0.15, 0.2) is 6.10 Å². The number of urea groups is 1. The number of benzene rings is 1. The lowest BCUT2D eigenvalue weighted by atomic mass is 9.88. The summed E-state index contributed by atoms with van der Waals surface area (Å²) < 4.78 is 8.41. The number of piperidine rings is 1. The third-order valence-corrected chi connectivity index (χ3v) is 6.32. The van der Waals surface area contributed by atoms with Crippen LogP contribution in [0.4, 0.5) is 16.2 Å². The maximum absolute atomic E-state index is 13.0. The lowest BCUT2D eigenvalue weighted by molar-refractivity contribution is -0.167.